The molecule has 126 valence electrons. The highest BCUT2D eigenvalue weighted by molar-refractivity contribution is 5.88. The fourth-order valence-electron chi connectivity index (χ4n) is 1.91. The third kappa shape index (κ3) is 7.44. The van der Waals surface area contributed by atoms with Gasteiger partial charge in [-0.05, 0) is 26.3 Å². The van der Waals surface area contributed by atoms with Gasteiger partial charge in [0.25, 0.3) is 0 Å². The molecule has 0 unspecified atom stereocenters. The normalized spacial score (nSPS) is 12.2. The number of rotatable bonds is 6. The summed E-state index contributed by atoms with van der Waals surface area (Å²) in [5, 5.41) is 2.52. The second kappa shape index (κ2) is 8.31. The van der Waals surface area contributed by atoms with Crippen LogP contribution in [-0.2, 0) is 30.3 Å². The van der Waals surface area contributed by atoms with Crippen molar-refractivity contribution in [2.75, 3.05) is 7.11 Å². The second-order valence-corrected chi connectivity index (χ2v) is 6.10. The minimum Gasteiger partial charge on any atom is -0.467 e. The van der Waals surface area contributed by atoms with Crippen LogP contribution in [0.3, 0.4) is 0 Å². The standard InChI is InChI=1S/C17H23NO5/c1-17(2,3)23-15(20)11-13(16(21)22-4)18-14(19)10-12-8-6-5-7-9-12/h5-9,13H,10-11H2,1-4H3,(H,18,19)/t13-/m1/s1. The van der Waals surface area contributed by atoms with E-state index in [0.717, 1.165) is 5.56 Å². The van der Waals surface area contributed by atoms with E-state index in [1.165, 1.54) is 7.11 Å². The van der Waals surface area contributed by atoms with E-state index in [2.05, 4.69) is 10.1 Å². The number of esters is 2. The molecule has 1 rings (SSSR count). The van der Waals surface area contributed by atoms with Crippen LogP contribution in [0.4, 0.5) is 0 Å². The van der Waals surface area contributed by atoms with Crippen molar-refractivity contribution in [2.24, 2.45) is 0 Å². The summed E-state index contributed by atoms with van der Waals surface area (Å²) in [6.45, 7) is 5.18. The molecule has 0 aromatic heterocycles. The average molecular weight is 321 g/mol. The van der Waals surface area contributed by atoms with Gasteiger partial charge in [0.2, 0.25) is 5.91 Å². The van der Waals surface area contributed by atoms with Gasteiger partial charge >= 0.3 is 11.9 Å². The van der Waals surface area contributed by atoms with Crippen molar-refractivity contribution in [2.45, 2.75) is 45.3 Å². The maximum Gasteiger partial charge on any atom is 0.328 e. The predicted molar refractivity (Wildman–Crippen MR) is 84.6 cm³/mol. The first-order valence-electron chi connectivity index (χ1n) is 7.34. The Bertz CT molecular complexity index is 548. The number of ether oxygens (including phenoxy) is 2. The number of hydrogen-bond donors (Lipinski definition) is 1. The van der Waals surface area contributed by atoms with E-state index >= 15 is 0 Å². The zero-order chi connectivity index (χ0) is 17.5. The number of hydrogen-bond acceptors (Lipinski definition) is 5. The molecule has 1 aromatic carbocycles. The van der Waals surface area contributed by atoms with Crippen LogP contribution >= 0.6 is 0 Å². The molecule has 1 aromatic rings. The molecule has 0 radical (unpaired) electrons. The lowest BCUT2D eigenvalue weighted by Crippen LogP contribution is -2.44. The van der Waals surface area contributed by atoms with Crippen LogP contribution in [0, 0.1) is 0 Å². The molecular weight excluding hydrogens is 298 g/mol. The summed E-state index contributed by atoms with van der Waals surface area (Å²) in [5.41, 5.74) is 0.150. The Balaban J connectivity index is 2.66. The number of amides is 1. The van der Waals surface area contributed by atoms with E-state index in [4.69, 9.17) is 4.74 Å². The number of benzene rings is 1. The zero-order valence-corrected chi connectivity index (χ0v) is 13.9. The van der Waals surface area contributed by atoms with Gasteiger partial charge in [0, 0.05) is 0 Å². The largest absolute Gasteiger partial charge is 0.467 e. The monoisotopic (exact) mass is 321 g/mol. The molecule has 0 bridgehead atoms. The first-order chi connectivity index (χ1) is 10.7. The molecule has 0 fully saturated rings. The van der Waals surface area contributed by atoms with Gasteiger partial charge in [-0.15, -0.1) is 0 Å². The minimum absolute atomic E-state index is 0.114. The van der Waals surface area contributed by atoms with Crippen molar-refractivity contribution in [1.29, 1.82) is 0 Å². The number of carbonyl (C=O) groups excluding carboxylic acids is 3. The third-order valence-corrected chi connectivity index (χ3v) is 2.82. The predicted octanol–water partition coefficient (Wildman–Crippen LogP) is 1.62. The van der Waals surface area contributed by atoms with Crippen molar-refractivity contribution < 1.29 is 23.9 Å². The highest BCUT2D eigenvalue weighted by Crippen LogP contribution is 2.10. The summed E-state index contributed by atoms with van der Waals surface area (Å²) in [4.78, 5) is 35.6. The molecule has 6 heteroatoms. The summed E-state index contributed by atoms with van der Waals surface area (Å²) in [5.74, 6) is -1.62. The molecule has 0 aliphatic rings. The first-order valence-corrected chi connectivity index (χ1v) is 7.34. The Kier molecular flexibility index (Phi) is 6.75. The second-order valence-electron chi connectivity index (χ2n) is 6.10. The minimum atomic E-state index is -1.06. The van der Waals surface area contributed by atoms with Gasteiger partial charge in [-0.1, -0.05) is 30.3 Å². The smallest absolute Gasteiger partial charge is 0.328 e. The maximum atomic E-state index is 12.0. The van der Waals surface area contributed by atoms with E-state index in [9.17, 15) is 14.4 Å². The zero-order valence-electron chi connectivity index (χ0n) is 13.9. The summed E-state index contributed by atoms with van der Waals surface area (Å²) in [6.07, 6.45) is -0.160. The fraction of sp³-hybridized carbons (Fsp3) is 0.471. The van der Waals surface area contributed by atoms with E-state index in [1.54, 1.807) is 32.9 Å². The van der Waals surface area contributed by atoms with Gasteiger partial charge < -0.3 is 14.8 Å². The van der Waals surface area contributed by atoms with Crippen LogP contribution in [0.2, 0.25) is 0 Å². The van der Waals surface area contributed by atoms with Gasteiger partial charge in [0.15, 0.2) is 0 Å². The Hall–Kier alpha value is -2.37. The van der Waals surface area contributed by atoms with Crippen molar-refractivity contribution in [1.82, 2.24) is 5.32 Å². The van der Waals surface area contributed by atoms with Gasteiger partial charge in [-0.2, -0.15) is 0 Å². The van der Waals surface area contributed by atoms with Gasteiger partial charge in [-0.3, -0.25) is 9.59 Å². The summed E-state index contributed by atoms with van der Waals surface area (Å²) in [7, 11) is 1.20. The first kappa shape index (κ1) is 18.7. The lowest BCUT2D eigenvalue weighted by Gasteiger charge is -2.22. The lowest BCUT2D eigenvalue weighted by atomic mass is 10.1. The summed E-state index contributed by atoms with van der Waals surface area (Å²) >= 11 is 0. The van der Waals surface area contributed by atoms with E-state index in [0.29, 0.717) is 0 Å². The van der Waals surface area contributed by atoms with Crippen LogP contribution in [0.1, 0.15) is 32.8 Å². The van der Waals surface area contributed by atoms with Crippen molar-refractivity contribution >= 4 is 17.8 Å². The lowest BCUT2D eigenvalue weighted by molar-refractivity contribution is -0.159. The van der Waals surface area contributed by atoms with E-state index in [1.807, 2.05) is 18.2 Å². The van der Waals surface area contributed by atoms with Crippen LogP contribution in [-0.4, -0.2) is 36.6 Å². The van der Waals surface area contributed by atoms with Gasteiger partial charge in [-0.25, -0.2) is 4.79 Å². The molecule has 0 saturated heterocycles. The Morgan fingerprint density at radius 2 is 1.74 bits per heavy atom. The summed E-state index contributed by atoms with van der Waals surface area (Å²) < 4.78 is 9.80. The Morgan fingerprint density at radius 3 is 2.26 bits per heavy atom. The molecule has 6 nitrogen and oxygen atoms in total. The number of nitrogens with one attached hydrogen (secondary N) is 1. The fourth-order valence-corrected chi connectivity index (χ4v) is 1.91. The molecule has 0 aliphatic carbocycles. The summed E-state index contributed by atoms with van der Waals surface area (Å²) in [6, 6.07) is 8.04. The molecule has 0 saturated carbocycles. The number of carbonyl (C=O) groups is 3. The van der Waals surface area contributed by atoms with E-state index < -0.39 is 23.6 Å². The molecule has 1 atom stereocenters. The molecule has 1 amide bonds. The molecular formula is C17H23NO5. The molecule has 0 heterocycles. The maximum absolute atomic E-state index is 12.0. The van der Waals surface area contributed by atoms with Gasteiger partial charge in [0.05, 0.1) is 20.0 Å². The van der Waals surface area contributed by atoms with Crippen LogP contribution < -0.4 is 5.32 Å². The molecule has 0 spiro atoms. The molecule has 23 heavy (non-hydrogen) atoms. The van der Waals surface area contributed by atoms with Gasteiger partial charge in [0.1, 0.15) is 11.6 Å². The van der Waals surface area contributed by atoms with Crippen LogP contribution in [0.25, 0.3) is 0 Å². The average Bonchev–Trinajstić information content (AvgIpc) is 2.44. The molecule has 0 aliphatic heterocycles. The Labute approximate surface area is 136 Å². The topological polar surface area (TPSA) is 81.7 Å². The number of methoxy groups -OCH3 is 1. The van der Waals surface area contributed by atoms with Crippen molar-refractivity contribution in [3.8, 4) is 0 Å². The highest BCUT2D eigenvalue weighted by Gasteiger charge is 2.27. The highest BCUT2D eigenvalue weighted by atomic mass is 16.6. The third-order valence-electron chi connectivity index (χ3n) is 2.82. The van der Waals surface area contributed by atoms with E-state index in [-0.39, 0.29) is 18.7 Å². The molecule has 1 N–H and O–H groups in total. The van der Waals surface area contributed by atoms with Crippen LogP contribution in [0.15, 0.2) is 30.3 Å². The quantitative estimate of drug-likeness (QED) is 0.805. The Morgan fingerprint density at radius 1 is 1.13 bits per heavy atom. The SMILES string of the molecule is COC(=O)[C@@H](CC(=O)OC(C)(C)C)NC(=O)Cc1ccccc1. The van der Waals surface area contributed by atoms with Crippen molar-refractivity contribution in [3.05, 3.63) is 35.9 Å². The van der Waals surface area contributed by atoms with Crippen LogP contribution in [0.5, 0.6) is 0 Å². The van der Waals surface area contributed by atoms with Crippen molar-refractivity contribution in [3.63, 3.8) is 0 Å².